The third-order valence-corrected chi connectivity index (χ3v) is 7.64. The van der Waals surface area contributed by atoms with E-state index in [1.54, 1.807) is 56.3 Å². The third-order valence-electron chi connectivity index (χ3n) is 5.25. The van der Waals surface area contributed by atoms with E-state index < -0.39 is 32.1 Å². The third kappa shape index (κ3) is 5.32. The zero-order valence-electron chi connectivity index (χ0n) is 19.1. The Morgan fingerprint density at radius 1 is 0.944 bits per heavy atom. The number of benzene rings is 3. The molecular weight excluding hydrogens is 506 g/mol. The highest BCUT2D eigenvalue weighted by Gasteiger charge is 2.35. The van der Waals surface area contributed by atoms with Gasteiger partial charge in [-0.1, -0.05) is 24.3 Å². The van der Waals surface area contributed by atoms with Crippen molar-refractivity contribution < 1.29 is 26.2 Å². The fraction of sp³-hybridized carbons (Fsp3) is 0.130. The van der Waals surface area contributed by atoms with Crippen LogP contribution in [-0.2, 0) is 24.9 Å². The summed E-state index contributed by atoms with van der Waals surface area (Å²) < 4.78 is 59.9. The summed E-state index contributed by atoms with van der Waals surface area (Å²) in [4.78, 5) is 12.6. The lowest BCUT2D eigenvalue weighted by Gasteiger charge is -2.13. The van der Waals surface area contributed by atoms with Crippen LogP contribution in [0, 0.1) is 6.92 Å². The van der Waals surface area contributed by atoms with Crippen LogP contribution in [0.5, 0.6) is 0 Å². The molecule has 0 bridgehead atoms. The number of rotatable bonds is 7. The first kappa shape index (κ1) is 25.2. The second-order valence-corrected chi connectivity index (χ2v) is 11.0. The molecule has 186 valence electrons. The smallest absolute Gasteiger partial charge is 0.282 e. The lowest BCUT2D eigenvalue weighted by molar-refractivity contribution is -0.117. The lowest BCUT2D eigenvalue weighted by atomic mass is 10.2. The van der Waals surface area contributed by atoms with Gasteiger partial charge in [-0.05, 0) is 67.9 Å². The number of nitrogens with one attached hydrogen (secondary N) is 1. The van der Waals surface area contributed by atoms with Crippen LogP contribution in [-0.4, -0.2) is 39.0 Å². The molecule has 1 amide bonds. The fourth-order valence-corrected chi connectivity index (χ4v) is 5.22. The van der Waals surface area contributed by atoms with Gasteiger partial charge in [0.15, 0.2) is 6.04 Å². The summed E-state index contributed by atoms with van der Waals surface area (Å²) in [6, 6.07) is 16.9. The first-order chi connectivity index (χ1) is 17.0. The number of nitrogens with zero attached hydrogens (tertiary/aromatic N) is 4. The van der Waals surface area contributed by atoms with Gasteiger partial charge in [0.05, 0.1) is 26.9 Å². The van der Waals surface area contributed by atoms with Crippen LogP contribution in [0.1, 0.15) is 12.5 Å². The number of carbonyl (C=O) groups is 1. The summed E-state index contributed by atoms with van der Waals surface area (Å²) >= 11 is 0. The van der Waals surface area contributed by atoms with E-state index >= 15 is 0 Å². The van der Waals surface area contributed by atoms with E-state index in [1.807, 2.05) is 0 Å². The Hall–Kier alpha value is -3.94. The molecule has 0 aliphatic carbocycles. The largest absolute Gasteiger partial charge is 0.294 e. The van der Waals surface area contributed by atoms with E-state index in [9.17, 15) is 21.6 Å². The molecule has 4 rings (SSSR count). The number of carbonyl (C=O) groups excluding carboxylic acids is 1. The number of sulfonamides is 1. The van der Waals surface area contributed by atoms with Crippen LogP contribution in [0.15, 0.2) is 97.9 Å². The Morgan fingerprint density at radius 2 is 1.61 bits per heavy atom. The summed E-state index contributed by atoms with van der Waals surface area (Å²) in [7, 11) is -8.27. The van der Waals surface area contributed by atoms with Crippen LogP contribution in [0.25, 0.3) is 0 Å². The van der Waals surface area contributed by atoms with Crippen LogP contribution >= 0.6 is 0 Å². The molecular formula is C23H21N5O6S2. The maximum atomic E-state index is 12.9. The minimum Gasteiger partial charge on any atom is -0.282 e. The highest BCUT2D eigenvalue weighted by atomic mass is 32.2. The quantitative estimate of drug-likeness (QED) is 0.350. The van der Waals surface area contributed by atoms with Gasteiger partial charge in [-0.2, -0.15) is 28.8 Å². The molecule has 0 radical (unpaired) electrons. The average Bonchev–Trinajstić information content (AvgIpc) is 3.11. The molecule has 3 aromatic rings. The van der Waals surface area contributed by atoms with E-state index in [2.05, 4.69) is 20.1 Å². The van der Waals surface area contributed by atoms with Crippen molar-refractivity contribution in [2.45, 2.75) is 29.7 Å². The Labute approximate surface area is 208 Å². The van der Waals surface area contributed by atoms with Crippen molar-refractivity contribution in [3.63, 3.8) is 0 Å². The van der Waals surface area contributed by atoms with Gasteiger partial charge >= 0.3 is 0 Å². The Morgan fingerprint density at radius 3 is 2.25 bits per heavy atom. The molecule has 0 spiro atoms. The second kappa shape index (κ2) is 9.60. The minimum atomic E-state index is -4.37. The monoisotopic (exact) mass is 527 g/mol. The fourth-order valence-electron chi connectivity index (χ4n) is 3.41. The second-order valence-electron chi connectivity index (χ2n) is 7.90. The number of azo groups is 1. The maximum Gasteiger partial charge on any atom is 0.294 e. The number of aryl methyl sites for hydroxylation is 1. The average molecular weight is 528 g/mol. The van der Waals surface area contributed by atoms with E-state index in [0.717, 1.165) is 17.1 Å². The Kier molecular flexibility index (Phi) is 6.71. The summed E-state index contributed by atoms with van der Waals surface area (Å²) in [5, 5.41) is 13.4. The minimum absolute atomic E-state index is 0.0199. The molecule has 36 heavy (non-hydrogen) atoms. The first-order valence-electron chi connectivity index (χ1n) is 10.5. The topological polar surface area (TPSA) is 158 Å². The van der Waals surface area contributed by atoms with Crippen molar-refractivity contribution >= 4 is 48.8 Å². The standard InChI is InChI=1S/C23H21N5O6S2/c1-15-8-9-18(14-21(15)35(30,31)27-17-6-4-3-5-7-17)24-25-22-16(2)26-28(23(22)29)19-10-12-20(13-11-19)36(32,33)34/h3-14,22,27H,1-2H3,(H,32,33,34)/t22-/m0/s1. The van der Waals surface area contributed by atoms with E-state index in [0.29, 0.717) is 17.0 Å². The molecule has 0 aromatic heterocycles. The van der Waals surface area contributed by atoms with Gasteiger partial charge in [-0.3, -0.25) is 14.1 Å². The summed E-state index contributed by atoms with van der Waals surface area (Å²) in [5.74, 6) is -0.526. The molecule has 0 fully saturated rings. The normalized spacial score (nSPS) is 16.4. The number of hydrogen-bond donors (Lipinski definition) is 2. The van der Waals surface area contributed by atoms with Crippen LogP contribution < -0.4 is 9.73 Å². The van der Waals surface area contributed by atoms with Crippen molar-refractivity contribution in [3.05, 3.63) is 78.4 Å². The van der Waals surface area contributed by atoms with Crippen molar-refractivity contribution in [1.29, 1.82) is 0 Å². The van der Waals surface area contributed by atoms with E-state index in [4.69, 9.17) is 4.55 Å². The molecule has 0 unspecified atom stereocenters. The summed E-state index contributed by atoms with van der Waals surface area (Å²) in [5.41, 5.74) is 1.77. The predicted octanol–water partition coefficient (Wildman–Crippen LogP) is 3.92. The van der Waals surface area contributed by atoms with Gasteiger partial charge in [-0.15, -0.1) is 0 Å². The molecule has 2 N–H and O–H groups in total. The number of amides is 1. The van der Waals surface area contributed by atoms with Gasteiger partial charge < -0.3 is 0 Å². The molecule has 3 aromatic carbocycles. The van der Waals surface area contributed by atoms with Crippen molar-refractivity contribution in [2.24, 2.45) is 15.3 Å². The van der Waals surface area contributed by atoms with Crippen LogP contribution in [0.3, 0.4) is 0 Å². The highest BCUT2D eigenvalue weighted by Crippen LogP contribution is 2.27. The van der Waals surface area contributed by atoms with Gasteiger partial charge in [0.2, 0.25) is 0 Å². The lowest BCUT2D eigenvalue weighted by Crippen LogP contribution is -2.29. The number of anilines is 2. The maximum absolute atomic E-state index is 12.9. The molecule has 11 nitrogen and oxygen atoms in total. The van der Waals surface area contributed by atoms with E-state index in [-0.39, 0.29) is 21.2 Å². The first-order valence-corrected chi connectivity index (χ1v) is 13.4. The molecule has 1 aliphatic rings. The van der Waals surface area contributed by atoms with Crippen molar-refractivity contribution in [3.8, 4) is 0 Å². The SMILES string of the molecule is CC1=NN(c2ccc(S(=O)(=O)O)cc2)C(=O)[C@H]1N=Nc1ccc(C)c(S(=O)(=O)Nc2ccccc2)c1. The van der Waals surface area contributed by atoms with Gasteiger partial charge in [0, 0.05) is 5.69 Å². The molecule has 1 aliphatic heterocycles. The Bertz CT molecular complexity index is 1590. The number of hydrogen-bond acceptors (Lipinski definition) is 8. The molecule has 13 heteroatoms. The highest BCUT2D eigenvalue weighted by molar-refractivity contribution is 7.92. The van der Waals surface area contributed by atoms with Gasteiger partial charge in [0.25, 0.3) is 26.0 Å². The van der Waals surface area contributed by atoms with Gasteiger partial charge in [-0.25, -0.2) is 8.42 Å². The van der Waals surface area contributed by atoms with E-state index in [1.165, 1.54) is 18.2 Å². The van der Waals surface area contributed by atoms with Crippen LogP contribution in [0.4, 0.5) is 17.1 Å². The Balaban J connectivity index is 1.55. The predicted molar refractivity (Wildman–Crippen MR) is 134 cm³/mol. The number of hydrazone groups is 1. The zero-order valence-corrected chi connectivity index (χ0v) is 20.7. The van der Waals surface area contributed by atoms with Crippen molar-refractivity contribution in [2.75, 3.05) is 9.73 Å². The zero-order chi connectivity index (χ0) is 26.1. The van der Waals surface area contributed by atoms with Gasteiger partial charge in [0.1, 0.15) is 0 Å². The molecule has 1 atom stereocenters. The van der Waals surface area contributed by atoms with Crippen molar-refractivity contribution in [1.82, 2.24) is 0 Å². The molecule has 0 saturated carbocycles. The molecule has 1 heterocycles. The summed E-state index contributed by atoms with van der Waals surface area (Å²) in [6.45, 7) is 3.24. The van der Waals surface area contributed by atoms with Crippen LogP contribution in [0.2, 0.25) is 0 Å². The summed E-state index contributed by atoms with van der Waals surface area (Å²) in [6.07, 6.45) is 0. The molecule has 0 saturated heterocycles. The number of para-hydroxylation sites is 1.